The van der Waals surface area contributed by atoms with E-state index in [1.54, 1.807) is 36.3 Å². The van der Waals surface area contributed by atoms with Crippen LogP contribution in [0.15, 0.2) is 54.7 Å². The third-order valence-corrected chi connectivity index (χ3v) is 5.79. The van der Waals surface area contributed by atoms with Crippen molar-refractivity contribution in [3.05, 3.63) is 66.0 Å². The Balaban J connectivity index is 1.58. The lowest BCUT2D eigenvalue weighted by molar-refractivity contribution is -0.153. The maximum Gasteiger partial charge on any atom is 0.272 e. The summed E-state index contributed by atoms with van der Waals surface area (Å²) in [4.78, 5) is 33.2. The lowest BCUT2D eigenvalue weighted by atomic mass is 9.74. The van der Waals surface area contributed by atoms with Crippen molar-refractivity contribution in [1.29, 1.82) is 0 Å². The summed E-state index contributed by atoms with van der Waals surface area (Å²) < 4.78 is 0. The Hall–Kier alpha value is -2.73. The molecule has 0 bridgehead atoms. The van der Waals surface area contributed by atoms with Gasteiger partial charge >= 0.3 is 0 Å². The first-order valence-electron chi connectivity index (χ1n) is 9.76. The number of carbonyl (C=O) groups excluding carboxylic acids is 2. The van der Waals surface area contributed by atoms with E-state index in [1.807, 2.05) is 35.2 Å². The monoisotopic (exact) mass is 379 g/mol. The van der Waals surface area contributed by atoms with Crippen LogP contribution in [0.4, 0.5) is 0 Å². The van der Waals surface area contributed by atoms with Crippen molar-refractivity contribution in [2.45, 2.75) is 30.8 Å². The zero-order valence-electron chi connectivity index (χ0n) is 15.9. The van der Waals surface area contributed by atoms with Crippen LogP contribution in [0.25, 0.3) is 0 Å². The second-order valence-electron chi connectivity index (χ2n) is 7.67. The van der Waals surface area contributed by atoms with E-state index < -0.39 is 0 Å². The first-order chi connectivity index (χ1) is 13.6. The lowest BCUT2D eigenvalue weighted by Crippen LogP contribution is -2.69. The van der Waals surface area contributed by atoms with Crippen LogP contribution < -0.4 is 0 Å². The number of hydrogen-bond donors (Lipinski definition) is 1. The molecule has 1 aliphatic heterocycles. The number of aromatic nitrogens is 1. The summed E-state index contributed by atoms with van der Waals surface area (Å²) in [6.45, 7) is 0.330. The molecule has 28 heavy (non-hydrogen) atoms. The Morgan fingerprint density at radius 2 is 1.82 bits per heavy atom. The van der Waals surface area contributed by atoms with Gasteiger partial charge in [0.05, 0.1) is 18.7 Å². The van der Waals surface area contributed by atoms with Gasteiger partial charge in [0.25, 0.3) is 5.91 Å². The molecule has 0 radical (unpaired) electrons. The van der Waals surface area contributed by atoms with Gasteiger partial charge in [-0.3, -0.25) is 14.6 Å². The molecule has 4 rings (SSSR count). The summed E-state index contributed by atoms with van der Waals surface area (Å²) in [5.74, 6) is 0.0200. The first-order valence-corrected chi connectivity index (χ1v) is 9.76. The minimum absolute atomic E-state index is 0.00730. The molecule has 1 N–H and O–H groups in total. The van der Waals surface area contributed by atoms with Crippen LogP contribution in [0.1, 0.15) is 34.8 Å². The topological polar surface area (TPSA) is 73.7 Å². The highest BCUT2D eigenvalue weighted by molar-refractivity contribution is 5.92. The largest absolute Gasteiger partial charge is 0.394 e. The molecule has 2 fully saturated rings. The number of nitrogens with zero attached hydrogens (tertiary/aromatic N) is 3. The van der Waals surface area contributed by atoms with Gasteiger partial charge in [0.1, 0.15) is 5.69 Å². The Morgan fingerprint density at radius 1 is 1.11 bits per heavy atom. The van der Waals surface area contributed by atoms with Gasteiger partial charge in [-0.25, -0.2) is 0 Å². The van der Waals surface area contributed by atoms with Gasteiger partial charge in [-0.2, -0.15) is 0 Å². The van der Waals surface area contributed by atoms with E-state index in [2.05, 4.69) is 4.98 Å². The van der Waals surface area contributed by atoms with E-state index in [9.17, 15) is 14.7 Å². The third kappa shape index (κ3) is 3.40. The van der Waals surface area contributed by atoms with E-state index in [-0.39, 0.29) is 42.3 Å². The van der Waals surface area contributed by atoms with Crippen molar-refractivity contribution in [1.82, 2.24) is 14.8 Å². The Bertz CT molecular complexity index is 839. The van der Waals surface area contributed by atoms with Crippen LogP contribution in [0.3, 0.4) is 0 Å². The molecule has 2 aliphatic rings. The van der Waals surface area contributed by atoms with Crippen LogP contribution in [-0.4, -0.2) is 64.0 Å². The van der Waals surface area contributed by atoms with Crippen LogP contribution in [0.5, 0.6) is 0 Å². The predicted molar refractivity (Wildman–Crippen MR) is 105 cm³/mol. The van der Waals surface area contributed by atoms with Crippen molar-refractivity contribution in [2.75, 3.05) is 20.2 Å². The number of likely N-dealkylation sites (tertiary alicyclic amines) is 1. The van der Waals surface area contributed by atoms with Gasteiger partial charge < -0.3 is 14.9 Å². The number of carbonyl (C=O) groups is 2. The molecule has 146 valence electrons. The third-order valence-electron chi connectivity index (χ3n) is 5.79. The predicted octanol–water partition coefficient (Wildman–Crippen LogP) is 1.92. The minimum atomic E-state index is -0.237. The standard InChI is InChI=1S/C22H25N3O3/c1-24(22(28)17-9-5-6-12-23-17)13-18-20(15-7-3-2-4-8-15)19(14-26)25(18)21(27)16-10-11-16/h2-9,12,16,18-20,26H,10-11,13-14H2,1H3/t18-,19+,20-/m0/s1. The van der Waals surface area contributed by atoms with Gasteiger partial charge in [0.15, 0.2) is 0 Å². The summed E-state index contributed by atoms with van der Waals surface area (Å²) >= 11 is 0. The summed E-state index contributed by atoms with van der Waals surface area (Å²) in [7, 11) is 1.74. The quantitative estimate of drug-likeness (QED) is 0.832. The molecule has 1 aromatic carbocycles. The molecule has 2 aromatic rings. The van der Waals surface area contributed by atoms with E-state index in [0.29, 0.717) is 12.2 Å². The second kappa shape index (κ2) is 7.72. The van der Waals surface area contributed by atoms with Crippen molar-refractivity contribution >= 4 is 11.8 Å². The molecule has 1 aliphatic carbocycles. The molecular formula is C22H25N3O3. The number of aliphatic hydroxyl groups excluding tert-OH is 1. The molecule has 2 amide bonds. The first kappa shape index (κ1) is 18.6. The van der Waals surface area contributed by atoms with Crippen LogP contribution in [0, 0.1) is 5.92 Å². The Morgan fingerprint density at radius 3 is 2.43 bits per heavy atom. The molecule has 0 unspecified atom stereocenters. The Labute approximate surface area is 164 Å². The van der Waals surface area contributed by atoms with Crippen LogP contribution >= 0.6 is 0 Å². The van der Waals surface area contributed by atoms with Crippen molar-refractivity contribution < 1.29 is 14.7 Å². The van der Waals surface area contributed by atoms with E-state index in [1.165, 1.54) is 0 Å². The highest BCUT2D eigenvalue weighted by Crippen LogP contribution is 2.44. The average Bonchev–Trinajstić information content (AvgIpc) is 3.57. The van der Waals surface area contributed by atoms with Crippen molar-refractivity contribution in [2.24, 2.45) is 5.92 Å². The van der Waals surface area contributed by atoms with Crippen LogP contribution in [-0.2, 0) is 4.79 Å². The van der Waals surface area contributed by atoms with E-state index in [0.717, 1.165) is 18.4 Å². The molecule has 1 aromatic heterocycles. The number of hydrogen-bond acceptors (Lipinski definition) is 4. The maximum atomic E-state index is 12.9. The lowest BCUT2D eigenvalue weighted by Gasteiger charge is -2.56. The van der Waals surface area contributed by atoms with E-state index >= 15 is 0 Å². The van der Waals surface area contributed by atoms with Gasteiger partial charge in [-0.05, 0) is 30.5 Å². The molecule has 1 saturated carbocycles. The summed E-state index contributed by atoms with van der Waals surface area (Å²) in [6, 6.07) is 14.8. The maximum absolute atomic E-state index is 12.9. The normalized spacial score (nSPS) is 23.8. The smallest absolute Gasteiger partial charge is 0.272 e. The fourth-order valence-corrected chi connectivity index (χ4v) is 4.19. The number of rotatable bonds is 6. The molecule has 3 atom stereocenters. The Kier molecular flexibility index (Phi) is 5.13. The number of amides is 2. The van der Waals surface area contributed by atoms with Crippen molar-refractivity contribution in [3.63, 3.8) is 0 Å². The molecule has 1 saturated heterocycles. The SMILES string of the molecule is CN(C[C@H]1[C@H](c2ccccc2)[C@@H](CO)N1C(=O)C1CC1)C(=O)c1ccccn1. The van der Waals surface area contributed by atoms with Gasteiger partial charge in [0, 0.05) is 31.6 Å². The number of benzene rings is 1. The zero-order chi connectivity index (χ0) is 19.7. The minimum Gasteiger partial charge on any atom is -0.394 e. The fraction of sp³-hybridized carbons (Fsp3) is 0.409. The summed E-state index contributed by atoms with van der Waals surface area (Å²) in [5, 5.41) is 9.99. The molecule has 2 heterocycles. The number of likely N-dealkylation sites (N-methyl/N-ethyl adjacent to an activating group) is 1. The highest BCUT2D eigenvalue weighted by atomic mass is 16.3. The van der Waals surface area contributed by atoms with Gasteiger partial charge in [0.2, 0.25) is 5.91 Å². The van der Waals surface area contributed by atoms with Crippen molar-refractivity contribution in [3.8, 4) is 0 Å². The van der Waals surface area contributed by atoms with Gasteiger partial charge in [-0.15, -0.1) is 0 Å². The fourth-order valence-electron chi connectivity index (χ4n) is 4.19. The second-order valence-corrected chi connectivity index (χ2v) is 7.67. The molecular weight excluding hydrogens is 354 g/mol. The zero-order valence-corrected chi connectivity index (χ0v) is 15.9. The molecule has 6 nitrogen and oxygen atoms in total. The van der Waals surface area contributed by atoms with Crippen LogP contribution in [0.2, 0.25) is 0 Å². The average molecular weight is 379 g/mol. The number of aliphatic hydroxyl groups is 1. The molecule has 6 heteroatoms. The van der Waals surface area contributed by atoms with E-state index in [4.69, 9.17) is 0 Å². The molecule has 0 spiro atoms. The summed E-state index contributed by atoms with van der Waals surface area (Å²) in [5.41, 5.74) is 1.48. The summed E-state index contributed by atoms with van der Waals surface area (Å²) in [6.07, 6.45) is 3.43. The number of pyridine rings is 1. The highest BCUT2D eigenvalue weighted by Gasteiger charge is 2.53. The van der Waals surface area contributed by atoms with Gasteiger partial charge in [-0.1, -0.05) is 36.4 Å².